The molecule has 0 radical (unpaired) electrons. The highest BCUT2D eigenvalue weighted by Gasteiger charge is 2.08. The lowest BCUT2D eigenvalue weighted by molar-refractivity contribution is 0.252. The highest BCUT2D eigenvalue weighted by Crippen LogP contribution is 2.28. The van der Waals surface area contributed by atoms with E-state index >= 15 is 0 Å². The molecule has 0 aliphatic carbocycles. The number of halogens is 3. The summed E-state index contributed by atoms with van der Waals surface area (Å²) in [6, 6.07) is 9.03. The van der Waals surface area contributed by atoms with E-state index in [0.717, 1.165) is 28.5 Å². The largest absolute Gasteiger partial charge is 0.487 e. The number of ether oxygens (including phenoxy) is 1. The average molecular weight is 640 g/mol. The number of carbonyl (C=O) groups excluding carboxylic acids is 1. The minimum Gasteiger partial charge on any atom is -0.487 e. The van der Waals surface area contributed by atoms with Crippen LogP contribution in [0.2, 0.25) is 0 Å². The highest BCUT2D eigenvalue weighted by molar-refractivity contribution is 14.1. The van der Waals surface area contributed by atoms with E-state index in [-0.39, 0.29) is 0 Å². The van der Waals surface area contributed by atoms with Crippen molar-refractivity contribution in [3.8, 4) is 5.75 Å². The SMILES string of the molecule is C=CCOc1c(I)cc(/C=N/NC(=O)Nc2ccc(Br)c(C)c2)cc1I. The second-order valence-corrected chi connectivity index (χ2v) is 8.38. The number of aryl methyl sites for hydroxylation is 1. The molecular formula is C18H16BrI2N3O2. The van der Waals surface area contributed by atoms with Crippen LogP contribution < -0.4 is 15.5 Å². The second kappa shape index (κ2) is 10.3. The van der Waals surface area contributed by atoms with E-state index in [9.17, 15) is 4.79 Å². The zero-order chi connectivity index (χ0) is 19.1. The monoisotopic (exact) mass is 639 g/mol. The maximum Gasteiger partial charge on any atom is 0.339 e. The predicted octanol–water partition coefficient (Wildman–Crippen LogP) is 5.69. The standard InChI is InChI=1S/C18H16BrI2N3O2/c1-3-6-26-17-15(20)8-12(9-16(17)21)10-22-24-18(25)23-13-4-5-14(19)11(2)7-13/h3-5,7-10H,1,6H2,2H3,(H2,23,24,25)/b22-10+. The van der Waals surface area contributed by atoms with E-state index < -0.39 is 6.03 Å². The lowest BCUT2D eigenvalue weighted by atomic mass is 10.2. The maximum atomic E-state index is 11.9. The number of carbonyl (C=O) groups is 1. The van der Waals surface area contributed by atoms with E-state index in [1.807, 2.05) is 37.3 Å². The Morgan fingerprint density at radius 2 is 2.00 bits per heavy atom. The van der Waals surface area contributed by atoms with Crippen molar-refractivity contribution in [3.63, 3.8) is 0 Å². The molecule has 0 aliphatic rings. The molecule has 0 aromatic heterocycles. The Balaban J connectivity index is 1.98. The quantitative estimate of drug-likeness (QED) is 0.185. The van der Waals surface area contributed by atoms with Gasteiger partial charge in [-0.05, 0) is 93.6 Å². The van der Waals surface area contributed by atoms with Gasteiger partial charge in [0.1, 0.15) is 12.4 Å². The first-order chi connectivity index (χ1) is 12.4. The van der Waals surface area contributed by atoms with Crippen LogP contribution in [0.1, 0.15) is 11.1 Å². The molecule has 0 aliphatic heterocycles. The minimum absolute atomic E-state index is 0.404. The third kappa shape index (κ3) is 6.23. The first-order valence-electron chi connectivity index (χ1n) is 7.49. The third-order valence-corrected chi connectivity index (χ3v) is 5.65. The molecule has 8 heteroatoms. The van der Waals surface area contributed by atoms with Crippen molar-refractivity contribution in [2.24, 2.45) is 5.10 Å². The lowest BCUT2D eigenvalue weighted by Crippen LogP contribution is -2.24. The molecule has 0 atom stereocenters. The summed E-state index contributed by atoms with van der Waals surface area (Å²) in [5.74, 6) is 0.819. The van der Waals surface area contributed by atoms with Crippen molar-refractivity contribution in [3.05, 3.63) is 65.7 Å². The molecule has 0 bridgehead atoms. The minimum atomic E-state index is -0.404. The van der Waals surface area contributed by atoms with Gasteiger partial charge in [0.15, 0.2) is 0 Å². The summed E-state index contributed by atoms with van der Waals surface area (Å²) in [5, 5.41) is 6.73. The number of benzene rings is 2. The van der Waals surface area contributed by atoms with Gasteiger partial charge in [-0.15, -0.1) is 0 Å². The van der Waals surface area contributed by atoms with Crippen LogP contribution in [0.5, 0.6) is 5.75 Å². The number of hydrogen-bond donors (Lipinski definition) is 2. The Hall–Kier alpha value is -1.14. The molecule has 2 aromatic rings. The van der Waals surface area contributed by atoms with Gasteiger partial charge >= 0.3 is 6.03 Å². The summed E-state index contributed by atoms with van der Waals surface area (Å²) in [5.41, 5.74) is 5.06. The molecule has 2 N–H and O–H groups in total. The van der Waals surface area contributed by atoms with Crippen LogP contribution in [0.3, 0.4) is 0 Å². The number of nitrogens with one attached hydrogen (secondary N) is 2. The average Bonchev–Trinajstić information content (AvgIpc) is 2.57. The summed E-state index contributed by atoms with van der Waals surface area (Å²) in [6.45, 7) is 6.06. The Kier molecular flexibility index (Phi) is 8.35. The van der Waals surface area contributed by atoms with Crippen LogP contribution in [0.4, 0.5) is 10.5 Å². The molecule has 0 saturated carbocycles. The van der Waals surface area contributed by atoms with Crippen molar-refractivity contribution in [1.29, 1.82) is 0 Å². The van der Waals surface area contributed by atoms with Gasteiger partial charge in [0.2, 0.25) is 0 Å². The fourth-order valence-electron chi connectivity index (χ4n) is 1.98. The summed E-state index contributed by atoms with van der Waals surface area (Å²) >= 11 is 7.84. The van der Waals surface area contributed by atoms with Gasteiger partial charge < -0.3 is 10.1 Å². The van der Waals surface area contributed by atoms with Crippen molar-refractivity contribution >= 4 is 79.0 Å². The van der Waals surface area contributed by atoms with Gasteiger partial charge in [-0.1, -0.05) is 28.6 Å². The smallest absolute Gasteiger partial charge is 0.339 e. The van der Waals surface area contributed by atoms with Crippen LogP contribution in [0.25, 0.3) is 0 Å². The van der Waals surface area contributed by atoms with E-state index in [4.69, 9.17) is 4.74 Å². The van der Waals surface area contributed by atoms with Crippen LogP contribution in [-0.2, 0) is 0 Å². The number of anilines is 1. The molecule has 0 unspecified atom stereocenters. The normalized spacial score (nSPS) is 10.6. The van der Waals surface area contributed by atoms with E-state index in [1.165, 1.54) is 0 Å². The molecule has 2 amide bonds. The van der Waals surface area contributed by atoms with Gasteiger partial charge in [0, 0.05) is 10.2 Å². The van der Waals surface area contributed by atoms with Crippen LogP contribution in [0.15, 0.2) is 52.6 Å². The Morgan fingerprint density at radius 3 is 2.62 bits per heavy atom. The number of nitrogens with zero attached hydrogens (tertiary/aromatic N) is 1. The van der Waals surface area contributed by atoms with Crippen molar-refractivity contribution in [2.75, 3.05) is 11.9 Å². The van der Waals surface area contributed by atoms with Gasteiger partial charge in [-0.2, -0.15) is 5.10 Å². The molecule has 0 saturated heterocycles. The molecule has 2 rings (SSSR count). The molecule has 5 nitrogen and oxygen atoms in total. The zero-order valence-corrected chi connectivity index (χ0v) is 19.8. The molecule has 2 aromatic carbocycles. The number of rotatable bonds is 6. The maximum absolute atomic E-state index is 11.9. The fourth-order valence-corrected chi connectivity index (χ4v) is 4.36. The summed E-state index contributed by atoms with van der Waals surface area (Å²) < 4.78 is 8.56. The number of hydrogen-bond acceptors (Lipinski definition) is 3. The molecule has 0 spiro atoms. The van der Waals surface area contributed by atoms with Gasteiger partial charge in [-0.25, -0.2) is 10.2 Å². The summed E-state index contributed by atoms with van der Waals surface area (Å²) in [4.78, 5) is 11.9. The first kappa shape index (κ1) is 21.2. The lowest BCUT2D eigenvalue weighted by Gasteiger charge is -2.09. The van der Waals surface area contributed by atoms with Gasteiger partial charge in [-0.3, -0.25) is 0 Å². The molecule has 136 valence electrons. The van der Waals surface area contributed by atoms with E-state index in [0.29, 0.717) is 12.3 Å². The first-order valence-corrected chi connectivity index (χ1v) is 10.4. The number of amides is 2. The second-order valence-electron chi connectivity index (χ2n) is 5.20. The Morgan fingerprint density at radius 1 is 1.31 bits per heavy atom. The van der Waals surface area contributed by atoms with E-state index in [1.54, 1.807) is 12.3 Å². The zero-order valence-electron chi connectivity index (χ0n) is 13.9. The van der Waals surface area contributed by atoms with Gasteiger partial charge in [0.25, 0.3) is 0 Å². The fraction of sp³-hybridized carbons (Fsp3) is 0.111. The summed E-state index contributed by atoms with van der Waals surface area (Å²) in [7, 11) is 0. The highest BCUT2D eigenvalue weighted by atomic mass is 127. The van der Waals surface area contributed by atoms with Crippen LogP contribution >= 0.6 is 61.1 Å². The third-order valence-electron chi connectivity index (χ3n) is 3.16. The van der Waals surface area contributed by atoms with Crippen LogP contribution in [0, 0.1) is 14.1 Å². The number of urea groups is 1. The van der Waals surface area contributed by atoms with Crippen LogP contribution in [-0.4, -0.2) is 18.9 Å². The van der Waals surface area contributed by atoms with Crippen molar-refractivity contribution in [1.82, 2.24) is 5.43 Å². The topological polar surface area (TPSA) is 62.7 Å². The molecule has 26 heavy (non-hydrogen) atoms. The summed E-state index contributed by atoms with van der Waals surface area (Å²) in [6.07, 6.45) is 3.30. The van der Waals surface area contributed by atoms with E-state index in [2.05, 4.69) is 83.5 Å². The molecule has 0 heterocycles. The predicted molar refractivity (Wildman–Crippen MR) is 126 cm³/mol. The molecule has 0 fully saturated rings. The molecular weight excluding hydrogens is 624 g/mol. The Bertz CT molecular complexity index is 833. The van der Waals surface area contributed by atoms with Gasteiger partial charge in [0.05, 0.1) is 13.4 Å². The van der Waals surface area contributed by atoms with Crippen molar-refractivity contribution in [2.45, 2.75) is 6.92 Å². The number of hydrazone groups is 1. The van der Waals surface area contributed by atoms with Crippen molar-refractivity contribution < 1.29 is 9.53 Å². The Labute approximate surface area is 188 Å².